The van der Waals surface area contributed by atoms with Gasteiger partial charge in [0.25, 0.3) is 0 Å². The maximum absolute atomic E-state index is 5.50. The van der Waals surface area contributed by atoms with Crippen LogP contribution in [0.2, 0.25) is 0 Å². The molecule has 2 heterocycles. The van der Waals surface area contributed by atoms with Crippen LogP contribution in [-0.2, 0) is 4.74 Å². The lowest BCUT2D eigenvalue weighted by molar-refractivity contribution is 0.0734. The molecule has 0 bridgehead atoms. The Kier molecular flexibility index (Phi) is 4.45. The molecule has 0 radical (unpaired) electrons. The van der Waals surface area contributed by atoms with E-state index in [9.17, 15) is 0 Å². The normalized spacial score (nSPS) is 26.8. The van der Waals surface area contributed by atoms with Crippen LogP contribution in [0.25, 0.3) is 0 Å². The average molecular weight is 265 g/mol. The fourth-order valence-electron chi connectivity index (χ4n) is 2.99. The average Bonchev–Trinajstić information content (AvgIpc) is 2.89. The van der Waals surface area contributed by atoms with Crippen molar-refractivity contribution in [3.05, 3.63) is 11.7 Å². The zero-order valence-corrected chi connectivity index (χ0v) is 11.4. The zero-order valence-electron chi connectivity index (χ0n) is 11.4. The molecule has 19 heavy (non-hydrogen) atoms. The number of rotatable bonds is 2. The molecule has 3 rings (SSSR count). The smallest absolute Gasteiger partial charge is 0.229 e. The third-order valence-electron chi connectivity index (χ3n) is 4.15. The van der Waals surface area contributed by atoms with E-state index < -0.39 is 0 Å². The quantitative estimate of drug-likeness (QED) is 0.890. The molecule has 5 nitrogen and oxygen atoms in total. The van der Waals surface area contributed by atoms with Crippen molar-refractivity contribution in [1.82, 2.24) is 15.5 Å². The second kappa shape index (κ2) is 6.48. The van der Waals surface area contributed by atoms with Crippen molar-refractivity contribution < 1.29 is 9.26 Å². The molecule has 1 saturated carbocycles. The number of hydrogen-bond acceptors (Lipinski definition) is 5. The lowest BCUT2D eigenvalue weighted by Gasteiger charge is -2.20. The van der Waals surface area contributed by atoms with Crippen LogP contribution >= 0.6 is 0 Å². The Hall–Kier alpha value is -0.940. The molecule has 2 fully saturated rings. The van der Waals surface area contributed by atoms with E-state index in [1.54, 1.807) is 0 Å². The van der Waals surface area contributed by atoms with Crippen molar-refractivity contribution in [2.24, 2.45) is 0 Å². The van der Waals surface area contributed by atoms with Gasteiger partial charge in [0.2, 0.25) is 5.89 Å². The number of ether oxygens (including phenoxy) is 1. The Morgan fingerprint density at radius 1 is 1.05 bits per heavy atom. The van der Waals surface area contributed by atoms with E-state index in [1.807, 2.05) is 0 Å². The van der Waals surface area contributed by atoms with Crippen LogP contribution in [0.15, 0.2) is 4.52 Å². The molecular weight excluding hydrogens is 242 g/mol. The molecule has 5 heteroatoms. The van der Waals surface area contributed by atoms with E-state index in [2.05, 4.69) is 15.5 Å². The molecule has 106 valence electrons. The molecule has 1 aliphatic heterocycles. The minimum atomic E-state index is 0.0970. The highest BCUT2D eigenvalue weighted by Crippen LogP contribution is 2.30. The van der Waals surface area contributed by atoms with Crippen LogP contribution in [0.4, 0.5) is 0 Å². The number of nitrogens with zero attached hydrogens (tertiary/aromatic N) is 2. The van der Waals surface area contributed by atoms with E-state index in [0.29, 0.717) is 12.5 Å². The van der Waals surface area contributed by atoms with Gasteiger partial charge in [-0.1, -0.05) is 37.3 Å². The van der Waals surface area contributed by atoms with Gasteiger partial charge in [-0.3, -0.25) is 0 Å². The summed E-state index contributed by atoms with van der Waals surface area (Å²) in [5, 5.41) is 7.50. The second-order valence-corrected chi connectivity index (χ2v) is 5.61. The lowest BCUT2D eigenvalue weighted by Crippen LogP contribution is -2.35. The third-order valence-corrected chi connectivity index (χ3v) is 4.15. The predicted octanol–water partition coefficient (Wildman–Crippen LogP) is 2.56. The number of hydrogen-bond donors (Lipinski definition) is 1. The summed E-state index contributed by atoms with van der Waals surface area (Å²) in [6.45, 7) is 2.27. The van der Waals surface area contributed by atoms with Crippen molar-refractivity contribution in [1.29, 1.82) is 0 Å². The monoisotopic (exact) mass is 265 g/mol. The fourth-order valence-corrected chi connectivity index (χ4v) is 2.99. The maximum Gasteiger partial charge on any atom is 0.229 e. The van der Waals surface area contributed by atoms with E-state index in [0.717, 1.165) is 24.9 Å². The van der Waals surface area contributed by atoms with Crippen molar-refractivity contribution in [2.45, 2.75) is 56.9 Å². The van der Waals surface area contributed by atoms with Gasteiger partial charge in [0.1, 0.15) is 0 Å². The van der Waals surface area contributed by atoms with Gasteiger partial charge in [0.05, 0.1) is 19.3 Å². The molecule has 0 spiro atoms. The number of aromatic nitrogens is 2. The van der Waals surface area contributed by atoms with Crippen LogP contribution in [0.1, 0.15) is 68.6 Å². The highest BCUT2D eigenvalue weighted by Gasteiger charge is 2.24. The molecule has 2 aliphatic rings. The van der Waals surface area contributed by atoms with Gasteiger partial charge >= 0.3 is 0 Å². The Morgan fingerprint density at radius 2 is 1.84 bits per heavy atom. The summed E-state index contributed by atoms with van der Waals surface area (Å²) in [4.78, 5) is 4.61. The standard InChI is InChI=1S/C14H23N3O2/c1-2-4-6-11(7-5-3-1)14-16-13(17-19-14)12-10-18-9-8-15-12/h11-12,15H,1-10H2. The number of morpholine rings is 1. The van der Waals surface area contributed by atoms with Crippen LogP contribution in [0, 0.1) is 0 Å². The highest BCUT2D eigenvalue weighted by molar-refractivity contribution is 4.99. The lowest BCUT2D eigenvalue weighted by atomic mass is 9.91. The van der Waals surface area contributed by atoms with Crippen molar-refractivity contribution >= 4 is 0 Å². The molecule has 1 unspecified atom stereocenters. The summed E-state index contributed by atoms with van der Waals surface area (Å²) in [5.41, 5.74) is 0. The van der Waals surface area contributed by atoms with Crippen molar-refractivity contribution in [3.63, 3.8) is 0 Å². The summed E-state index contributed by atoms with van der Waals surface area (Å²) >= 11 is 0. The maximum atomic E-state index is 5.50. The summed E-state index contributed by atoms with van der Waals surface area (Å²) < 4.78 is 10.9. The first-order valence-corrected chi connectivity index (χ1v) is 7.58. The fraction of sp³-hybridized carbons (Fsp3) is 0.857. The van der Waals surface area contributed by atoms with Gasteiger partial charge in [-0.25, -0.2) is 0 Å². The van der Waals surface area contributed by atoms with Crippen molar-refractivity contribution in [2.75, 3.05) is 19.8 Å². The minimum absolute atomic E-state index is 0.0970. The van der Waals surface area contributed by atoms with Crippen LogP contribution in [0.3, 0.4) is 0 Å². The van der Waals surface area contributed by atoms with Crippen LogP contribution < -0.4 is 5.32 Å². The molecule has 1 aliphatic carbocycles. The first-order valence-electron chi connectivity index (χ1n) is 7.58. The van der Waals surface area contributed by atoms with Gasteiger partial charge in [-0.2, -0.15) is 4.98 Å². The highest BCUT2D eigenvalue weighted by atomic mass is 16.5. The summed E-state index contributed by atoms with van der Waals surface area (Å²) in [7, 11) is 0. The van der Waals surface area contributed by atoms with Crippen LogP contribution in [0.5, 0.6) is 0 Å². The van der Waals surface area contributed by atoms with E-state index in [1.165, 1.54) is 44.9 Å². The molecular formula is C14H23N3O2. The SMILES string of the molecule is C1CCCC(c2nc(C3COCCN3)no2)CCC1. The Bertz CT molecular complexity index is 380. The Balaban J connectivity index is 1.65. The zero-order chi connectivity index (χ0) is 12.9. The van der Waals surface area contributed by atoms with Gasteiger partial charge in [-0.05, 0) is 12.8 Å². The molecule has 1 atom stereocenters. The first kappa shape index (κ1) is 13.1. The Morgan fingerprint density at radius 3 is 2.58 bits per heavy atom. The summed E-state index contributed by atoms with van der Waals surface area (Å²) in [6, 6.07) is 0.0970. The van der Waals surface area contributed by atoms with Gasteiger partial charge in [0.15, 0.2) is 5.82 Å². The van der Waals surface area contributed by atoms with E-state index >= 15 is 0 Å². The van der Waals surface area contributed by atoms with Crippen LogP contribution in [-0.4, -0.2) is 29.9 Å². The van der Waals surface area contributed by atoms with Gasteiger partial charge in [0, 0.05) is 12.5 Å². The largest absolute Gasteiger partial charge is 0.378 e. The summed E-state index contributed by atoms with van der Waals surface area (Å²) in [6.07, 6.45) is 9.02. The van der Waals surface area contributed by atoms with E-state index in [-0.39, 0.29) is 6.04 Å². The van der Waals surface area contributed by atoms with Crippen molar-refractivity contribution in [3.8, 4) is 0 Å². The molecule has 0 aromatic carbocycles. The molecule has 1 aromatic rings. The van der Waals surface area contributed by atoms with E-state index in [4.69, 9.17) is 9.26 Å². The second-order valence-electron chi connectivity index (χ2n) is 5.61. The summed E-state index contributed by atoms with van der Waals surface area (Å²) in [5.74, 6) is 2.06. The Labute approximate surface area is 114 Å². The minimum Gasteiger partial charge on any atom is -0.378 e. The third kappa shape index (κ3) is 3.34. The topological polar surface area (TPSA) is 60.2 Å². The number of nitrogens with one attached hydrogen (secondary N) is 1. The molecule has 1 aromatic heterocycles. The predicted molar refractivity (Wildman–Crippen MR) is 70.9 cm³/mol. The molecule has 1 saturated heterocycles. The molecule has 0 amide bonds. The van der Waals surface area contributed by atoms with Gasteiger partial charge in [-0.15, -0.1) is 0 Å². The van der Waals surface area contributed by atoms with Gasteiger partial charge < -0.3 is 14.6 Å². The molecule has 1 N–H and O–H groups in total. The first-order chi connectivity index (χ1) is 9.43.